The SMILES string of the molecule is COC(=O)CN(C)CC(=O)Nc1cccc2c1C(=O)c1cccc(NC(=O)CN(C)CC(=O)OC)c1C2=O. The summed E-state index contributed by atoms with van der Waals surface area (Å²) in [6, 6.07) is 9.03. The fraction of sp³-hybridized carbons (Fsp3) is 0.308. The average Bonchev–Trinajstić information content (AvgIpc) is 2.86. The van der Waals surface area contributed by atoms with Crippen LogP contribution in [-0.2, 0) is 28.7 Å². The van der Waals surface area contributed by atoms with E-state index >= 15 is 0 Å². The van der Waals surface area contributed by atoms with Crippen LogP contribution in [0, 0.1) is 0 Å². The molecule has 0 unspecified atom stereocenters. The van der Waals surface area contributed by atoms with E-state index < -0.39 is 35.3 Å². The Balaban J connectivity index is 1.82. The van der Waals surface area contributed by atoms with E-state index in [0.29, 0.717) is 0 Å². The van der Waals surface area contributed by atoms with Crippen LogP contribution in [-0.4, -0.2) is 99.6 Å². The minimum absolute atomic E-state index is 0.0373. The summed E-state index contributed by atoms with van der Waals surface area (Å²) in [5, 5.41) is 5.29. The summed E-state index contributed by atoms with van der Waals surface area (Å²) < 4.78 is 9.17. The maximum atomic E-state index is 13.5. The molecule has 1 aliphatic carbocycles. The zero-order valence-corrected chi connectivity index (χ0v) is 21.5. The minimum Gasteiger partial charge on any atom is -0.468 e. The maximum absolute atomic E-state index is 13.5. The second-order valence-corrected chi connectivity index (χ2v) is 8.71. The molecule has 0 fully saturated rings. The van der Waals surface area contributed by atoms with Crippen molar-refractivity contribution in [3.63, 3.8) is 0 Å². The number of anilines is 2. The zero-order chi connectivity index (χ0) is 28.0. The molecule has 38 heavy (non-hydrogen) atoms. The number of carbonyl (C=O) groups excluding carboxylic acids is 6. The van der Waals surface area contributed by atoms with Gasteiger partial charge in [-0.05, 0) is 26.2 Å². The van der Waals surface area contributed by atoms with Crippen LogP contribution in [0.1, 0.15) is 31.8 Å². The average molecular weight is 525 g/mol. The highest BCUT2D eigenvalue weighted by Crippen LogP contribution is 2.35. The summed E-state index contributed by atoms with van der Waals surface area (Å²) in [4.78, 5) is 77.9. The van der Waals surface area contributed by atoms with E-state index in [4.69, 9.17) is 0 Å². The Kier molecular flexibility index (Phi) is 9.05. The van der Waals surface area contributed by atoms with Crippen LogP contribution in [0.25, 0.3) is 0 Å². The van der Waals surface area contributed by atoms with Gasteiger partial charge in [-0.2, -0.15) is 0 Å². The molecule has 3 rings (SSSR count). The first-order valence-electron chi connectivity index (χ1n) is 11.5. The van der Waals surface area contributed by atoms with Crippen molar-refractivity contribution in [2.24, 2.45) is 0 Å². The fourth-order valence-electron chi connectivity index (χ4n) is 4.00. The number of fused-ring (bicyclic) bond motifs is 2. The first kappa shape index (κ1) is 28.2. The van der Waals surface area contributed by atoms with Crippen molar-refractivity contribution in [3.05, 3.63) is 58.7 Å². The molecule has 0 saturated carbocycles. The number of amides is 2. The van der Waals surface area contributed by atoms with Gasteiger partial charge in [0.25, 0.3) is 0 Å². The molecular formula is C26H28N4O8. The summed E-state index contributed by atoms with van der Waals surface area (Å²) in [6.07, 6.45) is 0. The molecule has 2 amide bonds. The van der Waals surface area contributed by atoms with Crippen molar-refractivity contribution >= 4 is 46.7 Å². The molecule has 0 heterocycles. The number of nitrogens with one attached hydrogen (secondary N) is 2. The van der Waals surface area contributed by atoms with Gasteiger partial charge in [-0.1, -0.05) is 24.3 Å². The van der Waals surface area contributed by atoms with Crippen LogP contribution < -0.4 is 10.6 Å². The molecule has 12 nitrogen and oxygen atoms in total. The first-order valence-corrected chi connectivity index (χ1v) is 11.5. The smallest absolute Gasteiger partial charge is 0.319 e. The molecule has 2 aromatic rings. The lowest BCUT2D eigenvalue weighted by molar-refractivity contribution is -0.142. The van der Waals surface area contributed by atoms with Crippen molar-refractivity contribution < 1.29 is 38.2 Å². The van der Waals surface area contributed by atoms with Crippen LogP contribution in [0.3, 0.4) is 0 Å². The number of carbonyl (C=O) groups is 6. The van der Waals surface area contributed by atoms with Gasteiger partial charge in [0, 0.05) is 11.1 Å². The zero-order valence-electron chi connectivity index (χ0n) is 21.5. The predicted octanol–water partition coefficient (Wildman–Crippen LogP) is 0.549. The van der Waals surface area contributed by atoms with Gasteiger partial charge < -0.3 is 20.1 Å². The van der Waals surface area contributed by atoms with Crippen molar-refractivity contribution in [2.45, 2.75) is 0 Å². The third-order valence-corrected chi connectivity index (χ3v) is 5.70. The Hall–Kier alpha value is -4.42. The van der Waals surface area contributed by atoms with E-state index in [2.05, 4.69) is 20.1 Å². The highest BCUT2D eigenvalue weighted by atomic mass is 16.5. The molecule has 0 atom stereocenters. The number of hydrogen-bond acceptors (Lipinski definition) is 10. The van der Waals surface area contributed by atoms with E-state index in [0.717, 1.165) is 0 Å². The summed E-state index contributed by atoms with van der Waals surface area (Å²) in [6.45, 7) is -0.515. The molecule has 0 radical (unpaired) electrons. The third-order valence-electron chi connectivity index (χ3n) is 5.70. The topological polar surface area (TPSA) is 151 Å². The lowest BCUT2D eigenvalue weighted by atomic mass is 9.82. The summed E-state index contributed by atoms with van der Waals surface area (Å²) in [5.41, 5.74) is 0.537. The number of nitrogens with zero attached hydrogens (tertiary/aromatic N) is 2. The van der Waals surface area contributed by atoms with Crippen LogP contribution in [0.4, 0.5) is 11.4 Å². The van der Waals surface area contributed by atoms with E-state index in [-0.39, 0.29) is 59.8 Å². The Labute approximate surface area is 218 Å². The van der Waals surface area contributed by atoms with Crippen molar-refractivity contribution in [1.29, 1.82) is 0 Å². The van der Waals surface area contributed by atoms with Gasteiger partial charge in [-0.25, -0.2) is 0 Å². The normalized spacial score (nSPS) is 12.1. The minimum atomic E-state index is -0.507. The number of likely N-dealkylation sites (N-methyl/N-ethyl adjacent to an activating group) is 2. The number of methoxy groups -OCH3 is 2. The van der Waals surface area contributed by atoms with Gasteiger partial charge in [0.1, 0.15) is 0 Å². The maximum Gasteiger partial charge on any atom is 0.319 e. The quantitative estimate of drug-likeness (QED) is 0.360. The van der Waals surface area contributed by atoms with E-state index in [1.807, 2.05) is 0 Å². The Bertz CT molecular complexity index is 1210. The number of esters is 2. The van der Waals surface area contributed by atoms with E-state index in [1.54, 1.807) is 14.1 Å². The summed E-state index contributed by atoms with van der Waals surface area (Å²) >= 11 is 0. The molecule has 12 heteroatoms. The number of hydrogen-bond donors (Lipinski definition) is 2. The highest BCUT2D eigenvalue weighted by Gasteiger charge is 2.34. The van der Waals surface area contributed by atoms with Gasteiger partial charge in [0.05, 0.1) is 62.9 Å². The van der Waals surface area contributed by atoms with Gasteiger partial charge in [0.2, 0.25) is 11.8 Å². The number of ether oxygens (including phenoxy) is 2. The third kappa shape index (κ3) is 6.47. The van der Waals surface area contributed by atoms with Crippen molar-refractivity contribution in [3.8, 4) is 0 Å². The predicted molar refractivity (Wildman–Crippen MR) is 136 cm³/mol. The standard InChI is InChI=1S/C26H28N4O8/c1-29(13-21(33)37-3)11-19(31)27-17-9-5-7-15-23(17)25(35)16-8-6-10-18(24(16)26(15)36)28-20(32)12-30(2)14-22(34)38-4/h5-10H,11-14H2,1-4H3,(H,27,31)(H,28,32). The molecule has 0 aromatic heterocycles. The summed E-state index contributed by atoms with van der Waals surface area (Å²) in [5.74, 6) is -2.99. The second-order valence-electron chi connectivity index (χ2n) is 8.71. The number of benzene rings is 2. The molecule has 1 aliphatic rings. The van der Waals surface area contributed by atoms with Gasteiger partial charge in [-0.3, -0.25) is 38.6 Å². The number of ketones is 2. The second kappa shape index (κ2) is 12.2. The fourth-order valence-corrected chi connectivity index (χ4v) is 4.00. The molecular weight excluding hydrogens is 496 g/mol. The molecule has 0 bridgehead atoms. The van der Waals surface area contributed by atoms with Crippen LogP contribution >= 0.6 is 0 Å². The molecule has 200 valence electrons. The molecule has 0 aliphatic heterocycles. The van der Waals surface area contributed by atoms with Crippen LogP contribution in [0.2, 0.25) is 0 Å². The van der Waals surface area contributed by atoms with E-state index in [1.165, 1.54) is 60.4 Å². The van der Waals surface area contributed by atoms with Crippen molar-refractivity contribution in [2.75, 3.05) is 65.1 Å². The molecule has 2 aromatic carbocycles. The van der Waals surface area contributed by atoms with Crippen LogP contribution in [0.15, 0.2) is 36.4 Å². The molecule has 0 spiro atoms. The highest BCUT2D eigenvalue weighted by molar-refractivity contribution is 6.32. The van der Waals surface area contributed by atoms with E-state index in [9.17, 15) is 28.8 Å². The summed E-state index contributed by atoms with van der Waals surface area (Å²) in [7, 11) is 5.61. The molecule has 2 N–H and O–H groups in total. The van der Waals surface area contributed by atoms with Gasteiger partial charge in [0.15, 0.2) is 11.6 Å². The first-order chi connectivity index (χ1) is 18.0. The van der Waals surface area contributed by atoms with Gasteiger partial charge in [-0.15, -0.1) is 0 Å². The Morgan fingerprint density at radius 2 is 1.03 bits per heavy atom. The van der Waals surface area contributed by atoms with Gasteiger partial charge >= 0.3 is 11.9 Å². The Morgan fingerprint density at radius 1 is 0.658 bits per heavy atom. The van der Waals surface area contributed by atoms with Crippen LogP contribution in [0.5, 0.6) is 0 Å². The lowest BCUT2D eigenvalue weighted by Gasteiger charge is -2.23. The lowest BCUT2D eigenvalue weighted by Crippen LogP contribution is -2.35. The monoisotopic (exact) mass is 524 g/mol. The van der Waals surface area contributed by atoms with Crippen molar-refractivity contribution in [1.82, 2.24) is 9.80 Å². The Morgan fingerprint density at radius 3 is 1.37 bits per heavy atom. The number of rotatable bonds is 10. The molecule has 0 saturated heterocycles. The largest absolute Gasteiger partial charge is 0.468 e.